The molecule has 0 fully saturated rings. The molecule has 2 aromatic carbocycles. The summed E-state index contributed by atoms with van der Waals surface area (Å²) >= 11 is 6.27. The Bertz CT molecular complexity index is 2480. The number of benzene rings is 2. The fourth-order valence-electron chi connectivity index (χ4n) is 7.30. The second-order valence-electron chi connectivity index (χ2n) is 17.6. The summed E-state index contributed by atoms with van der Waals surface area (Å²) in [5, 5.41) is 28.6. The van der Waals surface area contributed by atoms with Crippen LogP contribution in [-0.4, -0.2) is 122 Å². The number of H-pyrrole nitrogens is 2. The van der Waals surface area contributed by atoms with Gasteiger partial charge in [0.2, 0.25) is 47.3 Å². The van der Waals surface area contributed by atoms with Gasteiger partial charge in [0.1, 0.15) is 30.2 Å². The molecule has 8 amide bonds. The predicted octanol–water partition coefficient (Wildman–Crippen LogP) is -0.00330. The minimum atomic E-state index is -1.37. The number of hydrogen-bond acceptors (Lipinski definition) is 11. The molecule has 7 atom stereocenters. The molecule has 0 saturated carbocycles. The summed E-state index contributed by atoms with van der Waals surface area (Å²) in [4.78, 5) is 128. The Hall–Kier alpha value is -7.33. The molecule has 0 unspecified atom stereocenters. The third kappa shape index (κ3) is 17.0. The standard InChI is InChI=1S/C47H63ClN12O10/c1-24(2)35(19-40(63)64)58-46(69)37(18-29-21-51-23-54-29)56-39(62)22-53-47(70)41(25(3)4)60-42(65)26(5)55-45(68)36(17-28-20-52-33-13-9-7-11-30(28)33)59-44(67)34(14-15-38(50)61)57-43(66)32(49)16-27-10-6-8-12-31(27)48/h6-13,20-21,23-26,32,34-37,41,52H,14-19,22,49H2,1-5H3,(H2,50,61)(H,51,54)(H,53,70)(H,55,68)(H,56,62)(H,57,66)(H,58,69)(H,59,67)(H,60,65)(H,63,64)/t26-,32+,34-,35-,36-,37-,41-/m0/s1. The lowest BCUT2D eigenvalue weighted by Crippen LogP contribution is -2.59. The quantitative estimate of drug-likeness (QED) is 0.0376. The van der Waals surface area contributed by atoms with Crippen LogP contribution in [0.5, 0.6) is 0 Å². The van der Waals surface area contributed by atoms with E-state index in [9.17, 15) is 48.3 Å². The number of rotatable bonds is 27. The Morgan fingerprint density at radius 3 is 1.97 bits per heavy atom. The van der Waals surface area contributed by atoms with Gasteiger partial charge < -0.3 is 63.8 Å². The maximum absolute atomic E-state index is 14.1. The van der Waals surface area contributed by atoms with Gasteiger partial charge >= 0.3 is 5.97 Å². The number of nitrogens with two attached hydrogens (primary N) is 2. The van der Waals surface area contributed by atoms with Crippen molar-refractivity contribution in [2.45, 2.75) is 115 Å². The molecule has 0 spiro atoms. The van der Waals surface area contributed by atoms with E-state index in [1.165, 1.54) is 19.4 Å². The summed E-state index contributed by atoms with van der Waals surface area (Å²) < 4.78 is 0. The minimum absolute atomic E-state index is 0.0292. The van der Waals surface area contributed by atoms with E-state index < -0.39 is 108 Å². The largest absolute Gasteiger partial charge is 0.481 e. The number of carboxylic acid groups (broad SMARTS) is 1. The molecule has 22 nitrogen and oxygen atoms in total. The molecule has 0 aliphatic heterocycles. The zero-order valence-electron chi connectivity index (χ0n) is 39.6. The van der Waals surface area contributed by atoms with E-state index in [0.717, 1.165) is 10.9 Å². The van der Waals surface area contributed by atoms with Crippen LogP contribution in [0.4, 0.5) is 0 Å². The normalized spacial score (nSPS) is 14.2. The van der Waals surface area contributed by atoms with Crippen LogP contribution in [0.25, 0.3) is 10.9 Å². The molecule has 2 aromatic heterocycles. The predicted molar refractivity (Wildman–Crippen MR) is 258 cm³/mol. The number of para-hydroxylation sites is 1. The van der Waals surface area contributed by atoms with Crippen molar-refractivity contribution >= 4 is 75.7 Å². The smallest absolute Gasteiger partial charge is 0.305 e. The first-order chi connectivity index (χ1) is 33.1. The van der Waals surface area contributed by atoms with Crippen LogP contribution in [0, 0.1) is 11.8 Å². The molecule has 23 heteroatoms. The van der Waals surface area contributed by atoms with Gasteiger partial charge in [0, 0.05) is 59.3 Å². The second kappa shape index (κ2) is 26.4. The van der Waals surface area contributed by atoms with Crippen molar-refractivity contribution in [1.29, 1.82) is 0 Å². The summed E-state index contributed by atoms with van der Waals surface area (Å²) in [7, 11) is 0. The van der Waals surface area contributed by atoms with Gasteiger partial charge in [-0.25, -0.2) is 4.98 Å². The van der Waals surface area contributed by atoms with Crippen LogP contribution < -0.4 is 48.7 Å². The van der Waals surface area contributed by atoms with Crippen molar-refractivity contribution in [2.24, 2.45) is 23.3 Å². The Morgan fingerprint density at radius 2 is 1.33 bits per heavy atom. The molecule has 0 aliphatic carbocycles. The number of hydrogen-bond donors (Lipinski definition) is 12. The summed E-state index contributed by atoms with van der Waals surface area (Å²) in [5.74, 6) is -7.99. The zero-order chi connectivity index (χ0) is 51.7. The van der Waals surface area contributed by atoms with Crippen molar-refractivity contribution in [2.75, 3.05) is 6.54 Å². The van der Waals surface area contributed by atoms with Crippen molar-refractivity contribution in [3.8, 4) is 0 Å². The van der Waals surface area contributed by atoms with Gasteiger partial charge in [0.05, 0.1) is 25.3 Å². The number of aromatic amines is 2. The Kier molecular flexibility index (Phi) is 20.9. The summed E-state index contributed by atoms with van der Waals surface area (Å²) in [6.45, 7) is 7.53. The number of fused-ring (bicyclic) bond motifs is 1. The molecule has 4 aromatic rings. The maximum Gasteiger partial charge on any atom is 0.305 e. The third-order valence-electron chi connectivity index (χ3n) is 11.4. The number of primary amides is 1. The lowest BCUT2D eigenvalue weighted by Gasteiger charge is -2.27. The molecule has 70 heavy (non-hydrogen) atoms. The fraction of sp³-hybridized carbons (Fsp3) is 0.447. The first kappa shape index (κ1) is 55.3. The van der Waals surface area contributed by atoms with Gasteiger partial charge in [-0.1, -0.05) is 75.7 Å². The Labute approximate surface area is 409 Å². The molecule has 378 valence electrons. The average Bonchev–Trinajstić information content (AvgIpc) is 3.98. The van der Waals surface area contributed by atoms with E-state index in [1.807, 2.05) is 18.2 Å². The summed E-state index contributed by atoms with van der Waals surface area (Å²) in [5.41, 5.74) is 14.1. The number of carbonyl (C=O) groups is 9. The molecular formula is C47H63ClN12O10. The fourth-order valence-corrected chi connectivity index (χ4v) is 7.51. The number of imidazole rings is 1. The third-order valence-corrected chi connectivity index (χ3v) is 11.7. The maximum atomic E-state index is 14.1. The zero-order valence-corrected chi connectivity index (χ0v) is 40.4. The number of nitrogens with zero attached hydrogens (tertiary/aromatic N) is 1. The van der Waals surface area contributed by atoms with Gasteiger partial charge in [-0.2, -0.15) is 0 Å². The van der Waals surface area contributed by atoms with Crippen molar-refractivity contribution in [3.63, 3.8) is 0 Å². The molecule has 0 aliphatic rings. The van der Waals surface area contributed by atoms with E-state index in [-0.39, 0.29) is 44.4 Å². The van der Waals surface area contributed by atoms with E-state index >= 15 is 0 Å². The Morgan fingerprint density at radius 1 is 0.686 bits per heavy atom. The van der Waals surface area contributed by atoms with E-state index in [1.54, 1.807) is 64.2 Å². The highest BCUT2D eigenvalue weighted by Crippen LogP contribution is 2.20. The van der Waals surface area contributed by atoms with Gasteiger partial charge in [-0.15, -0.1) is 0 Å². The van der Waals surface area contributed by atoms with Crippen LogP contribution in [-0.2, 0) is 62.4 Å². The number of nitrogens with one attached hydrogen (secondary N) is 9. The Balaban J connectivity index is 1.45. The molecule has 0 bridgehead atoms. The van der Waals surface area contributed by atoms with E-state index in [2.05, 4.69) is 52.2 Å². The molecular weight excluding hydrogens is 928 g/mol. The van der Waals surface area contributed by atoms with Crippen LogP contribution in [0.1, 0.15) is 70.7 Å². The van der Waals surface area contributed by atoms with Crippen LogP contribution in [0.15, 0.2) is 67.3 Å². The van der Waals surface area contributed by atoms with Gasteiger partial charge in [-0.3, -0.25) is 43.2 Å². The van der Waals surface area contributed by atoms with Crippen molar-refractivity contribution < 1.29 is 48.3 Å². The number of aromatic nitrogens is 3. The van der Waals surface area contributed by atoms with Gasteiger partial charge in [-0.05, 0) is 54.9 Å². The molecule has 14 N–H and O–H groups in total. The lowest BCUT2D eigenvalue weighted by molar-refractivity contribution is -0.138. The summed E-state index contributed by atoms with van der Waals surface area (Å²) in [6.07, 6.45) is 3.53. The SMILES string of the molecule is CC(C)[C@H](CC(=O)O)NC(=O)[C@H](Cc1cnc[nH]1)NC(=O)CNC(=O)[C@@H](NC(=O)[C@H](C)NC(=O)[C@H](Cc1c[nH]c2ccccc12)NC(=O)[C@H](CCC(N)=O)NC(=O)[C@H](N)Cc1ccccc1Cl)C(C)C. The van der Waals surface area contributed by atoms with E-state index in [4.69, 9.17) is 23.1 Å². The number of aliphatic carboxylic acids is 1. The number of amides is 8. The van der Waals surface area contributed by atoms with E-state index in [0.29, 0.717) is 21.8 Å². The monoisotopic (exact) mass is 990 g/mol. The first-order valence-corrected chi connectivity index (χ1v) is 23.1. The van der Waals surface area contributed by atoms with Crippen LogP contribution >= 0.6 is 11.6 Å². The average molecular weight is 992 g/mol. The van der Waals surface area contributed by atoms with Crippen molar-refractivity contribution in [1.82, 2.24) is 52.2 Å². The molecule has 0 radical (unpaired) electrons. The van der Waals surface area contributed by atoms with Crippen LogP contribution in [0.2, 0.25) is 5.02 Å². The topological polar surface area (TPSA) is 355 Å². The highest BCUT2D eigenvalue weighted by Gasteiger charge is 2.33. The number of carboxylic acids is 1. The van der Waals surface area contributed by atoms with Crippen molar-refractivity contribution in [3.05, 3.63) is 89.1 Å². The van der Waals surface area contributed by atoms with Gasteiger partial charge in [0.15, 0.2) is 0 Å². The van der Waals surface area contributed by atoms with Gasteiger partial charge in [0.25, 0.3) is 0 Å². The molecule has 2 heterocycles. The number of carbonyl (C=O) groups excluding carboxylic acids is 8. The molecule has 4 rings (SSSR count). The molecule has 0 saturated heterocycles. The first-order valence-electron chi connectivity index (χ1n) is 22.7. The highest BCUT2D eigenvalue weighted by molar-refractivity contribution is 6.31. The number of halogens is 1. The van der Waals surface area contributed by atoms with Crippen LogP contribution in [0.3, 0.4) is 0 Å². The second-order valence-corrected chi connectivity index (χ2v) is 18.0. The minimum Gasteiger partial charge on any atom is -0.481 e. The summed E-state index contributed by atoms with van der Waals surface area (Å²) in [6, 6.07) is 5.72. The lowest BCUT2D eigenvalue weighted by atomic mass is 10.00. The highest BCUT2D eigenvalue weighted by atomic mass is 35.5.